The van der Waals surface area contributed by atoms with Crippen LogP contribution in [0.4, 0.5) is 0 Å². The molecule has 0 aromatic rings. The van der Waals surface area contributed by atoms with Gasteiger partial charge in [-0.2, -0.15) is 0 Å². The van der Waals surface area contributed by atoms with E-state index in [0.29, 0.717) is 0 Å². The van der Waals surface area contributed by atoms with Crippen molar-refractivity contribution in [2.24, 2.45) is 0 Å². The fraction of sp³-hybridized carbons (Fsp3) is 0.857. The van der Waals surface area contributed by atoms with Crippen molar-refractivity contribution in [1.29, 1.82) is 0 Å². The molecule has 14 heavy (non-hydrogen) atoms. The Labute approximate surface area is 89.3 Å². The first kappa shape index (κ1) is 13.9. The monoisotopic (exact) mass is 242 g/mol. The standard InChI is InChI=1S/C7H15ClO5Si/c1-11-14(12-2,13-3)6(4-5-8)7(9)10/h6H,4-5H2,1-3H3,(H,9,10). The van der Waals surface area contributed by atoms with Crippen LogP contribution in [-0.4, -0.2) is 47.1 Å². The van der Waals surface area contributed by atoms with Crippen molar-refractivity contribution in [3.05, 3.63) is 0 Å². The van der Waals surface area contributed by atoms with Crippen molar-refractivity contribution in [3.63, 3.8) is 0 Å². The van der Waals surface area contributed by atoms with E-state index in [1.54, 1.807) is 0 Å². The predicted molar refractivity (Wildman–Crippen MR) is 53.5 cm³/mol. The lowest BCUT2D eigenvalue weighted by Crippen LogP contribution is -2.50. The molecule has 0 saturated heterocycles. The second-order valence-corrected chi connectivity index (χ2v) is 6.09. The fourth-order valence-electron chi connectivity index (χ4n) is 1.24. The lowest BCUT2D eigenvalue weighted by molar-refractivity contribution is -0.138. The molecule has 1 N–H and O–H groups in total. The first-order valence-electron chi connectivity index (χ1n) is 4.02. The van der Waals surface area contributed by atoms with Gasteiger partial charge in [0.05, 0.1) is 0 Å². The van der Waals surface area contributed by atoms with Crippen molar-refractivity contribution in [1.82, 2.24) is 0 Å². The maximum Gasteiger partial charge on any atom is 0.515 e. The molecule has 0 saturated carbocycles. The lowest BCUT2D eigenvalue weighted by atomic mass is 10.3. The van der Waals surface area contributed by atoms with E-state index in [0.717, 1.165) is 0 Å². The molecule has 0 fully saturated rings. The first-order chi connectivity index (χ1) is 6.57. The van der Waals surface area contributed by atoms with Gasteiger partial charge in [0.1, 0.15) is 5.54 Å². The van der Waals surface area contributed by atoms with E-state index in [4.69, 9.17) is 30.0 Å². The molecule has 0 aliphatic heterocycles. The number of hydrogen-bond donors (Lipinski definition) is 1. The Hall–Kier alpha value is -0.143. The van der Waals surface area contributed by atoms with Crippen molar-refractivity contribution >= 4 is 26.4 Å². The Kier molecular flexibility index (Phi) is 6.30. The highest BCUT2D eigenvalue weighted by molar-refractivity contribution is 6.66. The van der Waals surface area contributed by atoms with Crippen molar-refractivity contribution in [2.75, 3.05) is 27.2 Å². The summed E-state index contributed by atoms with van der Waals surface area (Å²) in [5, 5.41) is 8.97. The van der Waals surface area contributed by atoms with Crippen molar-refractivity contribution in [2.45, 2.75) is 12.0 Å². The zero-order chi connectivity index (χ0) is 11.2. The van der Waals surface area contributed by atoms with E-state index in [9.17, 15) is 4.79 Å². The fourth-order valence-corrected chi connectivity index (χ4v) is 3.79. The molecular formula is C7H15ClO5Si. The van der Waals surface area contributed by atoms with E-state index in [2.05, 4.69) is 0 Å². The van der Waals surface area contributed by atoms with Gasteiger partial charge in [0.2, 0.25) is 0 Å². The first-order valence-corrected chi connectivity index (χ1v) is 6.35. The van der Waals surface area contributed by atoms with Gasteiger partial charge < -0.3 is 18.4 Å². The minimum absolute atomic E-state index is 0.224. The zero-order valence-electron chi connectivity index (χ0n) is 8.45. The molecule has 0 rings (SSSR count). The molecule has 0 heterocycles. The smallest absolute Gasteiger partial charge is 0.481 e. The Morgan fingerprint density at radius 3 is 2.00 bits per heavy atom. The highest BCUT2D eigenvalue weighted by Crippen LogP contribution is 2.28. The maximum atomic E-state index is 10.9. The normalized spacial score (nSPS) is 14.0. The van der Waals surface area contributed by atoms with E-state index in [1.807, 2.05) is 0 Å². The molecule has 0 aliphatic carbocycles. The summed E-state index contributed by atoms with van der Waals surface area (Å²) in [6.45, 7) is 0. The maximum absolute atomic E-state index is 10.9. The molecule has 0 aromatic carbocycles. The minimum Gasteiger partial charge on any atom is -0.481 e. The van der Waals surface area contributed by atoms with Crippen molar-refractivity contribution in [3.8, 4) is 0 Å². The topological polar surface area (TPSA) is 65.0 Å². The second-order valence-electron chi connectivity index (χ2n) is 2.58. The average molecular weight is 243 g/mol. The van der Waals surface area contributed by atoms with E-state index >= 15 is 0 Å². The number of rotatable bonds is 7. The number of carboxylic acids is 1. The predicted octanol–water partition coefficient (Wildman–Crippen LogP) is 0.948. The average Bonchev–Trinajstić information content (AvgIpc) is 2.19. The summed E-state index contributed by atoms with van der Waals surface area (Å²) >= 11 is 5.51. The molecule has 0 bridgehead atoms. The highest BCUT2D eigenvalue weighted by Gasteiger charge is 2.51. The van der Waals surface area contributed by atoms with E-state index in [-0.39, 0.29) is 12.3 Å². The molecule has 7 heteroatoms. The molecule has 84 valence electrons. The van der Waals surface area contributed by atoms with E-state index < -0.39 is 20.3 Å². The SMILES string of the molecule is CO[Si](OC)(OC)C(CCCl)C(=O)O. The number of hydrogen-bond acceptors (Lipinski definition) is 4. The van der Waals surface area contributed by atoms with Crippen LogP contribution in [-0.2, 0) is 18.1 Å². The van der Waals surface area contributed by atoms with Crippen LogP contribution in [0.25, 0.3) is 0 Å². The highest BCUT2D eigenvalue weighted by atomic mass is 35.5. The van der Waals surface area contributed by atoms with E-state index in [1.165, 1.54) is 21.3 Å². The summed E-state index contributed by atoms with van der Waals surface area (Å²) in [5.74, 6) is -0.787. The third-order valence-electron chi connectivity index (χ3n) is 1.98. The van der Waals surface area contributed by atoms with Crippen LogP contribution in [0.2, 0.25) is 5.54 Å². The lowest BCUT2D eigenvalue weighted by Gasteiger charge is -2.29. The molecular weight excluding hydrogens is 228 g/mol. The molecule has 0 radical (unpaired) electrons. The summed E-state index contributed by atoms with van der Waals surface area (Å²) < 4.78 is 15.2. The van der Waals surface area contributed by atoms with Crippen LogP contribution >= 0.6 is 11.6 Å². The van der Waals surface area contributed by atoms with Gasteiger partial charge in [-0.25, -0.2) is 0 Å². The summed E-state index contributed by atoms with van der Waals surface area (Å²) in [4.78, 5) is 10.9. The van der Waals surface area contributed by atoms with Crippen molar-refractivity contribution < 1.29 is 23.2 Å². The van der Waals surface area contributed by atoms with Gasteiger partial charge >= 0.3 is 14.8 Å². The molecule has 0 spiro atoms. The molecule has 5 nitrogen and oxygen atoms in total. The molecule has 0 amide bonds. The molecule has 1 unspecified atom stereocenters. The Bertz CT molecular complexity index is 177. The molecule has 1 atom stereocenters. The van der Waals surface area contributed by atoms with Gasteiger partial charge in [-0.05, 0) is 6.42 Å². The number of alkyl halides is 1. The number of carbonyl (C=O) groups is 1. The summed E-state index contributed by atoms with van der Waals surface area (Å²) in [6, 6.07) is 0. The van der Waals surface area contributed by atoms with Gasteiger partial charge in [-0.1, -0.05) is 0 Å². The molecule has 0 aliphatic rings. The van der Waals surface area contributed by atoms with Crippen LogP contribution in [0, 0.1) is 0 Å². The van der Waals surface area contributed by atoms with Crippen LogP contribution < -0.4 is 0 Å². The van der Waals surface area contributed by atoms with Crippen LogP contribution in [0.5, 0.6) is 0 Å². The Balaban J connectivity index is 4.79. The zero-order valence-corrected chi connectivity index (χ0v) is 10.2. The number of halogens is 1. The Morgan fingerprint density at radius 1 is 1.36 bits per heavy atom. The molecule has 0 aromatic heterocycles. The largest absolute Gasteiger partial charge is 0.515 e. The van der Waals surface area contributed by atoms with Crippen LogP contribution in [0.1, 0.15) is 6.42 Å². The number of aliphatic carboxylic acids is 1. The van der Waals surface area contributed by atoms with Gasteiger partial charge in [-0.15, -0.1) is 11.6 Å². The van der Waals surface area contributed by atoms with Crippen LogP contribution in [0.3, 0.4) is 0 Å². The third-order valence-corrected chi connectivity index (χ3v) is 5.29. The summed E-state index contributed by atoms with van der Waals surface area (Å²) in [7, 11) is 1.02. The van der Waals surface area contributed by atoms with Gasteiger partial charge in [0.25, 0.3) is 0 Å². The van der Waals surface area contributed by atoms with Gasteiger partial charge in [0, 0.05) is 27.2 Å². The van der Waals surface area contributed by atoms with Gasteiger partial charge in [0.15, 0.2) is 0 Å². The summed E-state index contributed by atoms with van der Waals surface area (Å²) in [6.07, 6.45) is 0.263. The Morgan fingerprint density at radius 2 is 1.79 bits per heavy atom. The number of carboxylic acid groups (broad SMARTS) is 1. The third kappa shape index (κ3) is 2.93. The van der Waals surface area contributed by atoms with Crippen LogP contribution in [0.15, 0.2) is 0 Å². The minimum atomic E-state index is -3.11. The quantitative estimate of drug-likeness (QED) is 0.532. The second kappa shape index (κ2) is 6.36. The van der Waals surface area contributed by atoms with Gasteiger partial charge in [-0.3, -0.25) is 4.79 Å². The summed E-state index contributed by atoms with van der Waals surface area (Å²) in [5.41, 5.74) is -0.819.